The fourth-order valence-electron chi connectivity index (χ4n) is 1.87. The van der Waals surface area contributed by atoms with Crippen LogP contribution in [0.3, 0.4) is 0 Å². The van der Waals surface area contributed by atoms with Crippen LogP contribution in [0.5, 0.6) is 5.75 Å². The zero-order valence-electron chi connectivity index (χ0n) is 11.3. The number of benzene rings is 1. The molecule has 2 unspecified atom stereocenters. The van der Waals surface area contributed by atoms with Gasteiger partial charge in [-0.25, -0.2) is 0 Å². The molecule has 0 aliphatic carbocycles. The number of hydrogen-bond acceptors (Lipinski definition) is 3. The van der Waals surface area contributed by atoms with Crippen molar-refractivity contribution in [2.75, 3.05) is 0 Å². The van der Waals surface area contributed by atoms with E-state index in [4.69, 9.17) is 0 Å². The number of aliphatic carboxylic acids is 1. The van der Waals surface area contributed by atoms with Crippen LogP contribution in [-0.4, -0.2) is 22.2 Å². The van der Waals surface area contributed by atoms with Gasteiger partial charge in [-0.2, -0.15) is 0 Å². The maximum atomic E-state index is 11.3. The molecule has 4 heteroatoms. The fraction of sp³-hybridized carbons (Fsp3) is 0.500. The highest BCUT2D eigenvalue weighted by molar-refractivity contribution is 5.76. The van der Waals surface area contributed by atoms with Gasteiger partial charge in [0.25, 0.3) is 0 Å². The molecule has 0 saturated heterocycles. The van der Waals surface area contributed by atoms with E-state index in [1.54, 1.807) is 26.0 Å². The summed E-state index contributed by atoms with van der Waals surface area (Å²) in [6.45, 7) is 7.50. The summed E-state index contributed by atoms with van der Waals surface area (Å²) in [5.74, 6) is -0.675. The molecule has 4 nitrogen and oxygen atoms in total. The van der Waals surface area contributed by atoms with E-state index in [0.29, 0.717) is 16.7 Å². The van der Waals surface area contributed by atoms with Gasteiger partial charge in [0.05, 0.1) is 0 Å². The molecule has 0 saturated carbocycles. The minimum Gasteiger partial charge on any atom is -0.507 e. The monoisotopic (exact) mass is 251 g/mol. The largest absolute Gasteiger partial charge is 0.507 e. The van der Waals surface area contributed by atoms with Crippen molar-refractivity contribution in [2.45, 2.75) is 46.2 Å². The number of carboxylic acid groups (broad SMARTS) is 1. The molecule has 0 aliphatic rings. The molecular formula is C14H21NO3. The van der Waals surface area contributed by atoms with Gasteiger partial charge >= 0.3 is 5.97 Å². The number of aryl methyl sites for hydroxylation is 2. The molecule has 100 valence electrons. The summed E-state index contributed by atoms with van der Waals surface area (Å²) >= 11 is 0. The normalized spacial score (nSPS) is 14.2. The van der Waals surface area contributed by atoms with Crippen molar-refractivity contribution in [3.63, 3.8) is 0 Å². The second kappa shape index (κ2) is 5.87. The molecule has 1 aromatic carbocycles. The first-order valence-corrected chi connectivity index (χ1v) is 6.15. The van der Waals surface area contributed by atoms with E-state index >= 15 is 0 Å². The van der Waals surface area contributed by atoms with Crippen LogP contribution in [0.4, 0.5) is 0 Å². The Morgan fingerprint density at radius 3 is 2.22 bits per heavy atom. The molecule has 18 heavy (non-hydrogen) atoms. The number of rotatable bonds is 5. The summed E-state index contributed by atoms with van der Waals surface area (Å²) in [5.41, 5.74) is 2.07. The van der Waals surface area contributed by atoms with Gasteiger partial charge in [0.15, 0.2) is 0 Å². The van der Waals surface area contributed by atoms with Gasteiger partial charge in [-0.1, -0.05) is 19.1 Å². The average molecular weight is 251 g/mol. The van der Waals surface area contributed by atoms with Crippen LogP contribution < -0.4 is 5.32 Å². The Labute approximate surface area is 108 Å². The number of phenolic OH excluding ortho intramolecular Hbond substituents is 1. The lowest BCUT2D eigenvalue weighted by atomic mass is 9.99. The molecule has 1 aromatic rings. The van der Waals surface area contributed by atoms with E-state index in [1.165, 1.54) is 0 Å². The molecule has 0 aliphatic heterocycles. The summed E-state index contributed by atoms with van der Waals surface area (Å²) in [7, 11) is 0. The van der Waals surface area contributed by atoms with Gasteiger partial charge in [0.2, 0.25) is 0 Å². The van der Waals surface area contributed by atoms with Gasteiger partial charge < -0.3 is 10.2 Å². The quantitative estimate of drug-likeness (QED) is 0.752. The molecule has 0 amide bonds. The number of carbonyl (C=O) groups is 1. The van der Waals surface area contributed by atoms with Crippen LogP contribution in [0.1, 0.15) is 43.0 Å². The van der Waals surface area contributed by atoms with Gasteiger partial charge in [-0.15, -0.1) is 0 Å². The molecule has 1 rings (SSSR count). The molecule has 3 N–H and O–H groups in total. The van der Waals surface area contributed by atoms with E-state index in [1.807, 2.05) is 13.8 Å². The topological polar surface area (TPSA) is 69.6 Å². The fourth-order valence-corrected chi connectivity index (χ4v) is 1.87. The second-order valence-corrected chi connectivity index (χ2v) is 4.75. The first kappa shape index (κ1) is 14.5. The molecule has 0 aromatic heterocycles. The van der Waals surface area contributed by atoms with Crippen molar-refractivity contribution >= 4 is 5.97 Å². The van der Waals surface area contributed by atoms with E-state index in [-0.39, 0.29) is 11.8 Å². The number of phenols is 1. The van der Waals surface area contributed by atoms with Crippen molar-refractivity contribution < 1.29 is 15.0 Å². The Bertz CT molecular complexity index is 420. The number of hydrogen-bond donors (Lipinski definition) is 3. The molecule has 0 heterocycles. The maximum Gasteiger partial charge on any atom is 0.325 e. The summed E-state index contributed by atoms with van der Waals surface area (Å²) in [4.78, 5) is 11.3. The van der Waals surface area contributed by atoms with Crippen LogP contribution >= 0.6 is 0 Å². The summed E-state index contributed by atoms with van der Waals surface area (Å²) < 4.78 is 0. The Balaban J connectivity index is 3.10. The van der Waals surface area contributed by atoms with Crippen molar-refractivity contribution in [3.05, 3.63) is 28.8 Å². The first-order chi connectivity index (χ1) is 8.36. The van der Waals surface area contributed by atoms with Gasteiger partial charge in [-0.3, -0.25) is 10.1 Å². The van der Waals surface area contributed by atoms with Crippen LogP contribution in [0.15, 0.2) is 12.1 Å². The number of carboxylic acids is 1. The Hall–Kier alpha value is -1.55. The highest BCUT2D eigenvalue weighted by Crippen LogP contribution is 2.26. The van der Waals surface area contributed by atoms with Crippen molar-refractivity contribution in [3.8, 4) is 5.75 Å². The Morgan fingerprint density at radius 2 is 1.83 bits per heavy atom. The van der Waals surface area contributed by atoms with Gasteiger partial charge in [0, 0.05) is 6.04 Å². The SMILES string of the molecule is CCC(C)NC(C(=O)O)c1cc(C)c(O)c(C)c1. The lowest BCUT2D eigenvalue weighted by Gasteiger charge is -2.20. The van der Waals surface area contributed by atoms with Gasteiger partial charge in [0.1, 0.15) is 11.8 Å². The Morgan fingerprint density at radius 1 is 1.33 bits per heavy atom. The van der Waals surface area contributed by atoms with E-state index in [9.17, 15) is 15.0 Å². The van der Waals surface area contributed by atoms with Crippen molar-refractivity contribution in [1.29, 1.82) is 0 Å². The zero-order chi connectivity index (χ0) is 13.9. The standard InChI is InChI=1S/C14H21NO3/c1-5-10(4)15-12(14(17)18)11-6-8(2)13(16)9(3)7-11/h6-7,10,12,15-16H,5H2,1-4H3,(H,17,18). The predicted molar refractivity (Wildman–Crippen MR) is 70.8 cm³/mol. The second-order valence-electron chi connectivity index (χ2n) is 4.75. The summed E-state index contributed by atoms with van der Waals surface area (Å²) in [5, 5.41) is 22.1. The molecule has 0 fully saturated rings. The van der Waals surface area contributed by atoms with Crippen molar-refractivity contribution in [2.24, 2.45) is 0 Å². The van der Waals surface area contributed by atoms with E-state index in [2.05, 4.69) is 5.32 Å². The van der Waals surface area contributed by atoms with Crippen LogP contribution in [0.25, 0.3) is 0 Å². The number of nitrogens with one attached hydrogen (secondary N) is 1. The summed E-state index contributed by atoms with van der Waals surface area (Å²) in [6.07, 6.45) is 0.861. The van der Waals surface area contributed by atoms with Crippen LogP contribution in [0.2, 0.25) is 0 Å². The van der Waals surface area contributed by atoms with Gasteiger partial charge in [-0.05, 0) is 43.9 Å². The summed E-state index contributed by atoms with van der Waals surface area (Å²) in [6, 6.07) is 2.82. The maximum absolute atomic E-state index is 11.3. The van der Waals surface area contributed by atoms with E-state index < -0.39 is 12.0 Å². The van der Waals surface area contributed by atoms with E-state index in [0.717, 1.165) is 6.42 Å². The molecule has 0 radical (unpaired) electrons. The highest BCUT2D eigenvalue weighted by Gasteiger charge is 2.22. The third-order valence-electron chi connectivity index (χ3n) is 3.16. The Kier molecular flexibility index (Phi) is 4.73. The molecule has 0 spiro atoms. The van der Waals surface area contributed by atoms with Crippen LogP contribution in [-0.2, 0) is 4.79 Å². The molecular weight excluding hydrogens is 230 g/mol. The molecule has 0 bridgehead atoms. The number of aromatic hydroxyl groups is 1. The smallest absolute Gasteiger partial charge is 0.325 e. The minimum atomic E-state index is -0.903. The molecule has 2 atom stereocenters. The van der Waals surface area contributed by atoms with Crippen LogP contribution in [0, 0.1) is 13.8 Å². The third kappa shape index (κ3) is 3.23. The minimum absolute atomic E-state index is 0.125. The highest BCUT2D eigenvalue weighted by atomic mass is 16.4. The average Bonchev–Trinajstić information content (AvgIpc) is 2.31. The first-order valence-electron chi connectivity index (χ1n) is 6.15. The lowest BCUT2D eigenvalue weighted by Crippen LogP contribution is -2.35. The van der Waals surface area contributed by atoms with Crippen molar-refractivity contribution in [1.82, 2.24) is 5.32 Å². The lowest BCUT2D eigenvalue weighted by molar-refractivity contribution is -0.139. The predicted octanol–water partition coefficient (Wildman–Crippen LogP) is 2.52. The zero-order valence-corrected chi connectivity index (χ0v) is 11.3. The third-order valence-corrected chi connectivity index (χ3v) is 3.16.